The highest BCUT2D eigenvalue weighted by atomic mass is 35.5. The van der Waals surface area contributed by atoms with Crippen LogP contribution in [-0.2, 0) is 14.6 Å². The predicted molar refractivity (Wildman–Crippen MR) is 104 cm³/mol. The molecule has 0 unspecified atom stereocenters. The van der Waals surface area contributed by atoms with Gasteiger partial charge in [-0.05, 0) is 68.1 Å². The van der Waals surface area contributed by atoms with Gasteiger partial charge in [0.2, 0.25) is 5.91 Å². The Labute approximate surface area is 163 Å². The van der Waals surface area contributed by atoms with E-state index in [1.165, 1.54) is 12.1 Å². The van der Waals surface area contributed by atoms with Crippen LogP contribution in [0.3, 0.4) is 0 Å². The van der Waals surface area contributed by atoms with Crippen LogP contribution in [0.1, 0.15) is 36.8 Å². The molecule has 0 aromatic heterocycles. The Bertz CT molecular complexity index is 998. The molecule has 0 bridgehead atoms. The number of benzene rings is 2. The maximum absolute atomic E-state index is 13.4. The molecule has 1 amide bonds. The first-order chi connectivity index (χ1) is 12.7. The molecule has 0 aliphatic heterocycles. The van der Waals surface area contributed by atoms with E-state index in [4.69, 9.17) is 11.6 Å². The minimum absolute atomic E-state index is 0.0278. The van der Waals surface area contributed by atoms with Crippen LogP contribution in [0.4, 0.5) is 10.1 Å². The van der Waals surface area contributed by atoms with Gasteiger partial charge in [-0.15, -0.1) is 0 Å². The summed E-state index contributed by atoms with van der Waals surface area (Å²) in [5.74, 6) is -1.15. The zero-order valence-electron chi connectivity index (χ0n) is 15.2. The van der Waals surface area contributed by atoms with Gasteiger partial charge >= 0.3 is 0 Å². The van der Waals surface area contributed by atoms with Gasteiger partial charge in [0, 0.05) is 0 Å². The maximum atomic E-state index is 13.4. The molecule has 0 heterocycles. The first kappa shape index (κ1) is 19.8. The number of nitrogens with one attached hydrogen (secondary N) is 1. The Balaban J connectivity index is 2.02. The van der Waals surface area contributed by atoms with Crippen molar-refractivity contribution in [3.63, 3.8) is 0 Å². The first-order valence-electron chi connectivity index (χ1n) is 8.76. The molecule has 0 atom stereocenters. The summed E-state index contributed by atoms with van der Waals surface area (Å²) >= 11 is 5.99. The lowest BCUT2D eigenvalue weighted by atomic mass is 10.1. The Kier molecular flexibility index (Phi) is 5.32. The van der Waals surface area contributed by atoms with Gasteiger partial charge in [0.15, 0.2) is 14.6 Å². The van der Waals surface area contributed by atoms with Crippen LogP contribution in [0.5, 0.6) is 0 Å². The number of anilines is 1. The van der Waals surface area contributed by atoms with Crippen molar-refractivity contribution in [3.05, 3.63) is 58.4 Å². The number of carbonyl (C=O) groups is 1. The molecule has 1 saturated carbocycles. The van der Waals surface area contributed by atoms with E-state index in [9.17, 15) is 17.6 Å². The van der Waals surface area contributed by atoms with Gasteiger partial charge in [-0.1, -0.05) is 30.5 Å². The van der Waals surface area contributed by atoms with Gasteiger partial charge in [-0.25, -0.2) is 12.8 Å². The molecule has 3 rings (SSSR count). The van der Waals surface area contributed by atoms with Crippen LogP contribution in [-0.4, -0.2) is 19.1 Å². The van der Waals surface area contributed by atoms with Crippen LogP contribution < -0.4 is 5.32 Å². The van der Waals surface area contributed by atoms with Crippen molar-refractivity contribution in [3.8, 4) is 0 Å². The van der Waals surface area contributed by atoms with Gasteiger partial charge < -0.3 is 5.32 Å². The minimum Gasteiger partial charge on any atom is -0.323 e. The van der Waals surface area contributed by atoms with E-state index < -0.39 is 26.3 Å². The van der Waals surface area contributed by atoms with Crippen LogP contribution in [0.25, 0.3) is 0 Å². The normalized spacial score (nSPS) is 16.3. The highest BCUT2D eigenvalue weighted by molar-refractivity contribution is 7.93. The Morgan fingerprint density at radius 1 is 1.07 bits per heavy atom. The van der Waals surface area contributed by atoms with Crippen LogP contribution in [0.2, 0.25) is 5.02 Å². The van der Waals surface area contributed by atoms with Crippen molar-refractivity contribution in [2.75, 3.05) is 5.32 Å². The van der Waals surface area contributed by atoms with E-state index in [0.717, 1.165) is 17.2 Å². The molecule has 1 N–H and O–H groups in total. The monoisotopic (exact) mass is 409 g/mol. The summed E-state index contributed by atoms with van der Waals surface area (Å²) in [4.78, 5) is 13.2. The topological polar surface area (TPSA) is 63.2 Å². The molecule has 0 saturated heterocycles. The lowest BCUT2D eigenvalue weighted by molar-refractivity contribution is -0.118. The third kappa shape index (κ3) is 3.48. The number of rotatable bonds is 4. The third-order valence-corrected chi connectivity index (χ3v) is 8.12. The van der Waals surface area contributed by atoms with E-state index in [2.05, 4.69) is 5.32 Å². The molecule has 0 radical (unpaired) electrons. The Morgan fingerprint density at radius 3 is 2.33 bits per heavy atom. The number of halogens is 2. The van der Waals surface area contributed by atoms with Gasteiger partial charge in [0.1, 0.15) is 5.82 Å². The average molecular weight is 410 g/mol. The second-order valence-electron chi connectivity index (χ2n) is 7.03. The molecule has 7 heteroatoms. The van der Waals surface area contributed by atoms with Crippen LogP contribution >= 0.6 is 11.6 Å². The second kappa shape index (κ2) is 7.24. The number of sulfone groups is 1. The fourth-order valence-corrected chi connectivity index (χ4v) is 5.86. The summed E-state index contributed by atoms with van der Waals surface area (Å²) in [7, 11) is -3.91. The summed E-state index contributed by atoms with van der Waals surface area (Å²) in [5.41, 5.74) is 2.04. The number of amides is 1. The lowest BCUT2D eigenvalue weighted by Crippen LogP contribution is -2.47. The van der Waals surface area contributed by atoms with Crippen molar-refractivity contribution in [2.24, 2.45) is 0 Å². The zero-order valence-corrected chi connectivity index (χ0v) is 16.8. The number of hydrogen-bond acceptors (Lipinski definition) is 3. The van der Waals surface area contributed by atoms with Gasteiger partial charge in [0.05, 0.1) is 15.6 Å². The zero-order chi connectivity index (χ0) is 19.8. The van der Waals surface area contributed by atoms with Crippen molar-refractivity contribution >= 4 is 33.0 Å². The van der Waals surface area contributed by atoms with E-state index in [1.54, 1.807) is 18.2 Å². The van der Waals surface area contributed by atoms with Crippen molar-refractivity contribution < 1.29 is 17.6 Å². The summed E-state index contributed by atoms with van der Waals surface area (Å²) in [6.45, 7) is 3.74. The SMILES string of the molecule is Cc1ccc(S(=O)(=O)C2(C(=O)Nc3ccc(F)cc3Cl)CCCC2)cc1C. The second-order valence-corrected chi connectivity index (χ2v) is 9.70. The molecule has 1 aliphatic carbocycles. The summed E-state index contributed by atoms with van der Waals surface area (Å²) in [6.07, 6.45) is 1.78. The minimum atomic E-state index is -3.91. The largest absolute Gasteiger partial charge is 0.323 e. The number of hydrogen-bond donors (Lipinski definition) is 1. The van der Waals surface area contributed by atoms with Gasteiger partial charge in [-0.2, -0.15) is 0 Å². The molecule has 27 heavy (non-hydrogen) atoms. The van der Waals surface area contributed by atoms with Gasteiger partial charge in [0.25, 0.3) is 0 Å². The van der Waals surface area contributed by atoms with Crippen LogP contribution in [0, 0.1) is 19.7 Å². The molecular formula is C20H21ClFNO3S. The maximum Gasteiger partial charge on any atom is 0.246 e. The Hall–Kier alpha value is -1.92. The van der Waals surface area contributed by atoms with E-state index in [1.807, 2.05) is 13.8 Å². The summed E-state index contributed by atoms with van der Waals surface area (Å²) in [6, 6.07) is 8.50. The van der Waals surface area contributed by atoms with Crippen molar-refractivity contribution in [2.45, 2.75) is 49.2 Å². The Morgan fingerprint density at radius 2 is 1.74 bits per heavy atom. The molecule has 144 valence electrons. The summed E-state index contributed by atoms with van der Waals surface area (Å²) < 4.78 is 38.6. The van der Waals surface area contributed by atoms with E-state index >= 15 is 0 Å². The molecule has 0 spiro atoms. The van der Waals surface area contributed by atoms with Crippen molar-refractivity contribution in [1.82, 2.24) is 0 Å². The molecule has 4 nitrogen and oxygen atoms in total. The number of carbonyl (C=O) groups excluding carboxylic acids is 1. The highest BCUT2D eigenvalue weighted by Crippen LogP contribution is 2.42. The lowest BCUT2D eigenvalue weighted by Gasteiger charge is -2.28. The molecular weight excluding hydrogens is 389 g/mol. The fourth-order valence-electron chi connectivity index (χ4n) is 3.50. The van der Waals surface area contributed by atoms with Crippen molar-refractivity contribution in [1.29, 1.82) is 0 Å². The molecule has 1 aliphatic rings. The fraction of sp³-hybridized carbons (Fsp3) is 0.350. The standard InChI is InChI=1S/C20H21ClFNO3S/c1-13-5-7-16(11-14(13)2)27(25,26)20(9-3-4-10-20)19(24)23-18-8-6-15(22)12-17(18)21/h5-8,11-12H,3-4,9-10H2,1-2H3,(H,23,24). The average Bonchev–Trinajstić information content (AvgIpc) is 3.11. The quantitative estimate of drug-likeness (QED) is 0.787. The predicted octanol–water partition coefficient (Wildman–Crippen LogP) is 4.82. The summed E-state index contributed by atoms with van der Waals surface area (Å²) in [5, 5.41) is 2.63. The molecule has 2 aromatic carbocycles. The third-order valence-electron chi connectivity index (χ3n) is 5.31. The van der Waals surface area contributed by atoms with E-state index in [0.29, 0.717) is 12.8 Å². The molecule has 2 aromatic rings. The highest BCUT2D eigenvalue weighted by Gasteiger charge is 2.53. The van der Waals surface area contributed by atoms with Gasteiger partial charge in [-0.3, -0.25) is 4.79 Å². The first-order valence-corrected chi connectivity index (χ1v) is 10.6. The number of aryl methyl sites for hydroxylation is 2. The van der Waals surface area contributed by atoms with Crippen LogP contribution in [0.15, 0.2) is 41.3 Å². The smallest absolute Gasteiger partial charge is 0.246 e. The van der Waals surface area contributed by atoms with E-state index in [-0.39, 0.29) is 28.4 Å². The molecule has 1 fully saturated rings.